The van der Waals surface area contributed by atoms with E-state index < -0.39 is 0 Å². The molecule has 1 unspecified atom stereocenters. The number of methoxy groups -OCH3 is 1. The molecule has 3 rings (SSSR count). The van der Waals surface area contributed by atoms with Gasteiger partial charge in [0.25, 0.3) is 0 Å². The molecule has 2 aromatic rings. The predicted octanol–water partition coefficient (Wildman–Crippen LogP) is 3.54. The minimum Gasteiger partial charge on any atom is -0.497 e. The zero-order valence-corrected chi connectivity index (χ0v) is 12.8. The molecule has 20 heavy (non-hydrogen) atoms. The van der Waals surface area contributed by atoms with Crippen molar-refractivity contribution in [2.24, 2.45) is 0 Å². The number of likely N-dealkylation sites (tertiary alicyclic amines) is 1. The lowest BCUT2D eigenvalue weighted by Gasteiger charge is -2.24. The first kappa shape index (κ1) is 13.8. The lowest BCUT2D eigenvalue weighted by atomic mass is 10.0. The fourth-order valence-electron chi connectivity index (χ4n) is 2.73. The summed E-state index contributed by atoms with van der Waals surface area (Å²) in [5.41, 5.74) is 2.17. The normalized spacial score (nSPS) is 19.4. The second kappa shape index (κ2) is 6.08. The van der Waals surface area contributed by atoms with Crippen molar-refractivity contribution < 1.29 is 4.74 Å². The molecule has 1 fully saturated rings. The van der Waals surface area contributed by atoms with Gasteiger partial charge in [0.1, 0.15) is 15.8 Å². The number of ether oxygens (including phenoxy) is 1. The lowest BCUT2D eigenvalue weighted by molar-refractivity contribution is 0.245. The highest BCUT2D eigenvalue weighted by Gasteiger charge is 2.27. The van der Waals surface area contributed by atoms with Crippen molar-refractivity contribution >= 4 is 23.1 Å². The highest BCUT2D eigenvalue weighted by Crippen LogP contribution is 2.35. The van der Waals surface area contributed by atoms with Gasteiger partial charge in [0, 0.05) is 24.1 Å². The smallest absolute Gasteiger partial charge is 0.138 e. The first-order valence-electron chi connectivity index (χ1n) is 6.62. The Labute approximate surface area is 127 Å². The van der Waals surface area contributed by atoms with Crippen LogP contribution in [0.5, 0.6) is 5.75 Å². The van der Waals surface area contributed by atoms with Gasteiger partial charge in [-0.05, 0) is 37.1 Å². The number of aromatic nitrogens is 2. The highest BCUT2D eigenvalue weighted by atomic mass is 35.5. The fourth-order valence-corrected chi connectivity index (χ4v) is 3.34. The van der Waals surface area contributed by atoms with Crippen molar-refractivity contribution in [3.63, 3.8) is 0 Å². The summed E-state index contributed by atoms with van der Waals surface area (Å²) in [6.45, 7) is 1.83. The molecule has 1 aromatic heterocycles. The molecule has 0 aliphatic carbocycles. The molecule has 0 radical (unpaired) electrons. The summed E-state index contributed by atoms with van der Waals surface area (Å²) in [5, 5.41) is 4.11. The zero-order chi connectivity index (χ0) is 13.9. The second-order valence-electron chi connectivity index (χ2n) is 4.90. The number of hydrogen-bond acceptors (Lipinski definition) is 5. The molecule has 0 saturated carbocycles. The maximum Gasteiger partial charge on any atom is 0.138 e. The summed E-state index contributed by atoms with van der Waals surface area (Å²) in [7, 11) is 1.70. The minimum atomic E-state index is 0.405. The molecule has 2 heterocycles. The summed E-state index contributed by atoms with van der Waals surface area (Å²) in [6.07, 6.45) is 2.35. The molecule has 1 aliphatic rings. The van der Waals surface area contributed by atoms with E-state index in [2.05, 4.69) is 26.6 Å². The van der Waals surface area contributed by atoms with Crippen molar-refractivity contribution in [2.45, 2.75) is 25.4 Å². The molecule has 6 heteroatoms. The van der Waals surface area contributed by atoms with Crippen LogP contribution < -0.4 is 4.74 Å². The maximum absolute atomic E-state index is 6.11. The Hall–Kier alpha value is -1.17. The first-order valence-corrected chi connectivity index (χ1v) is 7.78. The summed E-state index contributed by atoms with van der Waals surface area (Å²) in [6, 6.07) is 8.70. The molecule has 1 aromatic carbocycles. The average Bonchev–Trinajstić information content (AvgIpc) is 3.09. The van der Waals surface area contributed by atoms with Crippen molar-refractivity contribution in [3.8, 4) is 5.75 Å². The monoisotopic (exact) mass is 309 g/mol. The summed E-state index contributed by atoms with van der Waals surface area (Å²) >= 11 is 7.36. The van der Waals surface area contributed by atoms with E-state index in [0.29, 0.717) is 10.4 Å². The third kappa shape index (κ3) is 2.80. The third-order valence-corrected chi connectivity index (χ3v) is 4.69. The van der Waals surface area contributed by atoms with E-state index in [9.17, 15) is 0 Å². The van der Waals surface area contributed by atoms with Crippen molar-refractivity contribution in [3.05, 3.63) is 39.9 Å². The molecule has 1 saturated heterocycles. The number of hydrogen-bond donors (Lipinski definition) is 0. The van der Waals surface area contributed by atoms with Crippen LogP contribution in [0.25, 0.3) is 0 Å². The van der Waals surface area contributed by atoms with E-state index >= 15 is 0 Å². The van der Waals surface area contributed by atoms with E-state index in [1.807, 2.05) is 12.1 Å². The summed E-state index contributed by atoms with van der Waals surface area (Å²) < 4.78 is 9.91. The number of benzene rings is 1. The Kier molecular flexibility index (Phi) is 4.19. The third-order valence-electron chi connectivity index (χ3n) is 3.70. The van der Waals surface area contributed by atoms with Gasteiger partial charge in [-0.3, -0.25) is 4.90 Å². The second-order valence-corrected chi connectivity index (χ2v) is 6.25. The Bertz CT molecular complexity index is 589. The Morgan fingerprint density at radius 2 is 2.40 bits per heavy atom. The number of halogens is 1. The van der Waals surface area contributed by atoms with Crippen LogP contribution in [0, 0.1) is 0 Å². The first-order chi connectivity index (χ1) is 9.78. The molecule has 0 bridgehead atoms. The molecule has 4 nitrogen and oxygen atoms in total. The zero-order valence-electron chi connectivity index (χ0n) is 11.3. The Morgan fingerprint density at radius 3 is 3.15 bits per heavy atom. The van der Waals surface area contributed by atoms with Gasteiger partial charge < -0.3 is 4.74 Å². The Balaban J connectivity index is 1.79. The van der Waals surface area contributed by atoms with E-state index in [-0.39, 0.29) is 0 Å². The van der Waals surface area contributed by atoms with Crippen LogP contribution in [0.15, 0.2) is 24.3 Å². The maximum atomic E-state index is 6.11. The van der Waals surface area contributed by atoms with Gasteiger partial charge in [-0.15, -0.1) is 5.10 Å². The van der Waals surface area contributed by atoms with Crippen molar-refractivity contribution in [1.82, 2.24) is 14.5 Å². The quantitative estimate of drug-likeness (QED) is 0.866. The van der Waals surface area contributed by atoms with Gasteiger partial charge >= 0.3 is 0 Å². The Morgan fingerprint density at radius 1 is 1.50 bits per heavy atom. The minimum absolute atomic E-state index is 0.405. The van der Waals surface area contributed by atoms with E-state index in [4.69, 9.17) is 16.3 Å². The van der Waals surface area contributed by atoms with Crippen LogP contribution in [0.4, 0.5) is 0 Å². The van der Waals surface area contributed by atoms with Crippen molar-refractivity contribution in [1.29, 1.82) is 0 Å². The van der Waals surface area contributed by atoms with Crippen molar-refractivity contribution in [2.75, 3.05) is 13.7 Å². The van der Waals surface area contributed by atoms with E-state index in [1.165, 1.54) is 23.5 Å². The lowest BCUT2D eigenvalue weighted by Crippen LogP contribution is -2.23. The van der Waals surface area contributed by atoms with Crippen LogP contribution >= 0.6 is 23.1 Å². The van der Waals surface area contributed by atoms with Crippen LogP contribution in [0.1, 0.15) is 30.1 Å². The van der Waals surface area contributed by atoms with Crippen LogP contribution in [0.2, 0.25) is 4.34 Å². The van der Waals surface area contributed by atoms with Crippen LogP contribution in [0.3, 0.4) is 0 Å². The average molecular weight is 310 g/mol. The number of rotatable bonds is 4. The predicted molar refractivity (Wildman–Crippen MR) is 80.3 cm³/mol. The molecular weight excluding hydrogens is 294 g/mol. The van der Waals surface area contributed by atoms with Gasteiger partial charge in [-0.1, -0.05) is 28.2 Å². The molecular formula is C14H16ClN3OS. The molecule has 0 amide bonds. The summed E-state index contributed by atoms with van der Waals surface area (Å²) in [4.78, 5) is 2.41. The molecule has 1 aliphatic heterocycles. The van der Waals surface area contributed by atoms with Crippen LogP contribution in [-0.4, -0.2) is 28.1 Å². The van der Waals surface area contributed by atoms with Gasteiger partial charge in [0.15, 0.2) is 0 Å². The van der Waals surface area contributed by atoms with Gasteiger partial charge in [-0.2, -0.15) is 0 Å². The van der Waals surface area contributed by atoms with E-state index in [1.54, 1.807) is 7.11 Å². The van der Waals surface area contributed by atoms with Gasteiger partial charge in [0.05, 0.1) is 7.11 Å². The topological polar surface area (TPSA) is 38.2 Å². The fraction of sp³-hybridized carbons (Fsp3) is 0.429. The molecule has 0 spiro atoms. The summed E-state index contributed by atoms with van der Waals surface area (Å²) in [5.74, 6) is 0.905. The van der Waals surface area contributed by atoms with Crippen LogP contribution in [-0.2, 0) is 6.54 Å². The van der Waals surface area contributed by atoms with Gasteiger partial charge in [0.2, 0.25) is 0 Å². The van der Waals surface area contributed by atoms with Gasteiger partial charge in [-0.25, -0.2) is 0 Å². The standard InChI is InChI=1S/C14H16ClN3OS/c1-19-11-5-2-4-10(8-11)13-6-3-7-18(13)9-12-14(15)20-17-16-12/h2,4-5,8,13H,3,6-7,9H2,1H3. The van der Waals surface area contributed by atoms with E-state index in [0.717, 1.165) is 31.0 Å². The molecule has 0 N–H and O–H groups in total. The highest BCUT2D eigenvalue weighted by molar-refractivity contribution is 7.10. The molecule has 1 atom stereocenters. The SMILES string of the molecule is COc1cccc(C2CCCN2Cc2nnsc2Cl)c1. The number of nitrogens with zero attached hydrogens (tertiary/aromatic N) is 3. The largest absolute Gasteiger partial charge is 0.497 e. The molecule has 106 valence electrons.